The van der Waals surface area contributed by atoms with Crippen LogP contribution in [0.5, 0.6) is 5.75 Å². The molecule has 5 rings (SSSR count). The monoisotopic (exact) mass is 411 g/mol. The average Bonchev–Trinajstić information content (AvgIpc) is 3.58. The summed E-state index contributed by atoms with van der Waals surface area (Å²) in [5.41, 5.74) is 3.69. The molecule has 1 heterocycles. The van der Waals surface area contributed by atoms with Crippen molar-refractivity contribution in [3.63, 3.8) is 0 Å². The Balaban J connectivity index is 1.69. The molecular formula is C26H25N3O2. The number of nitrogens with zero attached hydrogens (tertiary/aromatic N) is 2. The molecule has 1 N–H and O–H groups in total. The van der Waals surface area contributed by atoms with Crippen molar-refractivity contribution in [2.75, 3.05) is 12.4 Å². The van der Waals surface area contributed by atoms with Crippen LogP contribution in [0.1, 0.15) is 40.0 Å². The molecule has 1 aromatic heterocycles. The number of nitrogens with one attached hydrogen (secondary N) is 1. The minimum Gasteiger partial charge on any atom is -0.497 e. The molecule has 3 aromatic rings. The first-order valence-electron chi connectivity index (χ1n) is 10.6. The SMILES string of the molecule is C=CC(=O)n1nc(NC2CC2)c2c1CC(c1ccccc1)(c1cccc(OC)c1)C=C2. The van der Waals surface area contributed by atoms with Gasteiger partial charge in [0, 0.05) is 23.4 Å². The summed E-state index contributed by atoms with van der Waals surface area (Å²) in [4.78, 5) is 12.7. The van der Waals surface area contributed by atoms with Crippen LogP contribution in [-0.2, 0) is 11.8 Å². The van der Waals surface area contributed by atoms with Crippen molar-refractivity contribution >= 4 is 17.8 Å². The molecule has 2 aliphatic rings. The predicted molar refractivity (Wildman–Crippen MR) is 123 cm³/mol. The van der Waals surface area contributed by atoms with E-state index in [-0.39, 0.29) is 5.91 Å². The van der Waals surface area contributed by atoms with Crippen molar-refractivity contribution in [2.45, 2.75) is 30.7 Å². The van der Waals surface area contributed by atoms with E-state index in [1.54, 1.807) is 7.11 Å². The van der Waals surface area contributed by atoms with Crippen LogP contribution < -0.4 is 10.1 Å². The summed E-state index contributed by atoms with van der Waals surface area (Å²) >= 11 is 0. The predicted octanol–water partition coefficient (Wildman–Crippen LogP) is 4.85. The summed E-state index contributed by atoms with van der Waals surface area (Å²) in [5, 5.41) is 8.12. The molecule has 0 saturated heterocycles. The van der Waals surface area contributed by atoms with Crippen LogP contribution in [0.15, 0.2) is 73.3 Å². The third-order valence-electron chi connectivity index (χ3n) is 6.18. The molecule has 1 unspecified atom stereocenters. The Bertz CT molecular complexity index is 1170. The molecule has 0 bridgehead atoms. The van der Waals surface area contributed by atoms with Gasteiger partial charge in [-0.05, 0) is 42.2 Å². The number of fused-ring (bicyclic) bond motifs is 1. The van der Waals surface area contributed by atoms with Crippen molar-refractivity contribution in [2.24, 2.45) is 0 Å². The zero-order valence-electron chi connectivity index (χ0n) is 17.5. The van der Waals surface area contributed by atoms with E-state index in [1.165, 1.54) is 10.8 Å². The second kappa shape index (κ2) is 7.58. The van der Waals surface area contributed by atoms with E-state index in [9.17, 15) is 4.79 Å². The number of rotatable bonds is 6. The van der Waals surface area contributed by atoms with Crippen LogP contribution in [0.25, 0.3) is 6.08 Å². The Morgan fingerprint density at radius 3 is 2.68 bits per heavy atom. The highest BCUT2D eigenvalue weighted by atomic mass is 16.5. The van der Waals surface area contributed by atoms with Gasteiger partial charge >= 0.3 is 0 Å². The normalized spacial score (nSPS) is 19.5. The maximum absolute atomic E-state index is 12.7. The van der Waals surface area contributed by atoms with E-state index in [0.717, 1.165) is 46.8 Å². The van der Waals surface area contributed by atoms with Gasteiger partial charge in [-0.15, -0.1) is 5.10 Å². The lowest BCUT2D eigenvalue weighted by Gasteiger charge is -2.35. The molecule has 1 fully saturated rings. The first-order valence-corrected chi connectivity index (χ1v) is 10.6. The number of carbonyl (C=O) groups excluding carboxylic acids is 1. The number of anilines is 1. The summed E-state index contributed by atoms with van der Waals surface area (Å²) in [6, 6.07) is 19.0. The van der Waals surface area contributed by atoms with Gasteiger partial charge in [-0.1, -0.05) is 61.2 Å². The Kier molecular flexibility index (Phi) is 4.74. The molecule has 2 aliphatic carbocycles. The number of hydrogen-bond acceptors (Lipinski definition) is 4. The van der Waals surface area contributed by atoms with Crippen LogP contribution in [0, 0.1) is 0 Å². The smallest absolute Gasteiger partial charge is 0.270 e. The number of ether oxygens (including phenoxy) is 1. The van der Waals surface area contributed by atoms with Crippen molar-refractivity contribution in [3.8, 4) is 5.75 Å². The standard InChI is InChI=1S/C26H25N3O2/c1-3-24(30)29-23-17-26(18-8-5-4-6-9-18,19-10-7-11-21(16-19)31-2)15-14-22(23)25(28-29)27-20-12-13-20/h3-11,14-16,20H,1,12-13,17H2,2H3,(H,27,28). The Morgan fingerprint density at radius 1 is 1.19 bits per heavy atom. The Hall–Kier alpha value is -3.60. The van der Waals surface area contributed by atoms with Gasteiger partial charge < -0.3 is 10.1 Å². The highest BCUT2D eigenvalue weighted by molar-refractivity contribution is 5.91. The molecule has 0 aliphatic heterocycles. The first-order chi connectivity index (χ1) is 15.1. The van der Waals surface area contributed by atoms with Gasteiger partial charge in [0.05, 0.1) is 12.8 Å². The van der Waals surface area contributed by atoms with Gasteiger partial charge in [0.15, 0.2) is 5.82 Å². The molecule has 31 heavy (non-hydrogen) atoms. The number of methoxy groups -OCH3 is 1. The number of allylic oxidation sites excluding steroid dienone is 2. The lowest BCUT2D eigenvalue weighted by atomic mass is 9.68. The van der Waals surface area contributed by atoms with Gasteiger partial charge in [0.25, 0.3) is 5.91 Å². The van der Waals surface area contributed by atoms with Crippen molar-refractivity contribution in [1.82, 2.24) is 9.78 Å². The fraction of sp³-hybridized carbons (Fsp3) is 0.231. The topological polar surface area (TPSA) is 56.2 Å². The van der Waals surface area contributed by atoms with E-state index in [0.29, 0.717) is 12.5 Å². The summed E-state index contributed by atoms with van der Waals surface area (Å²) in [7, 11) is 1.68. The molecule has 0 amide bonds. The molecule has 2 aromatic carbocycles. The number of carbonyl (C=O) groups is 1. The fourth-order valence-corrected chi connectivity index (χ4v) is 4.35. The number of benzene rings is 2. The molecule has 0 spiro atoms. The summed E-state index contributed by atoms with van der Waals surface area (Å²) in [6.45, 7) is 3.68. The quantitative estimate of drug-likeness (QED) is 0.589. The average molecular weight is 412 g/mol. The van der Waals surface area contributed by atoms with Gasteiger partial charge in [0.2, 0.25) is 0 Å². The van der Waals surface area contributed by atoms with Crippen LogP contribution in [0.3, 0.4) is 0 Å². The minimum atomic E-state index is -0.446. The van der Waals surface area contributed by atoms with E-state index in [2.05, 4.69) is 53.4 Å². The summed E-state index contributed by atoms with van der Waals surface area (Å²) in [5.74, 6) is 1.36. The second-order valence-electron chi connectivity index (χ2n) is 8.16. The Morgan fingerprint density at radius 2 is 1.97 bits per heavy atom. The van der Waals surface area contributed by atoms with Crippen molar-refractivity contribution < 1.29 is 9.53 Å². The zero-order valence-corrected chi connectivity index (χ0v) is 17.5. The molecule has 5 nitrogen and oxygen atoms in total. The van der Waals surface area contributed by atoms with Gasteiger partial charge in [0.1, 0.15) is 5.75 Å². The largest absolute Gasteiger partial charge is 0.497 e. The molecule has 1 atom stereocenters. The van der Waals surface area contributed by atoms with E-state index < -0.39 is 5.41 Å². The van der Waals surface area contributed by atoms with Crippen LogP contribution >= 0.6 is 0 Å². The molecular weight excluding hydrogens is 386 g/mol. The third kappa shape index (κ3) is 3.36. The van der Waals surface area contributed by atoms with E-state index in [1.807, 2.05) is 30.3 Å². The lowest BCUT2D eigenvalue weighted by Crippen LogP contribution is -2.32. The number of aromatic nitrogens is 2. The molecule has 156 valence electrons. The maximum atomic E-state index is 12.7. The second-order valence-corrected chi connectivity index (χ2v) is 8.16. The van der Waals surface area contributed by atoms with Gasteiger partial charge in [-0.2, -0.15) is 4.68 Å². The minimum absolute atomic E-state index is 0.219. The van der Waals surface area contributed by atoms with Gasteiger partial charge in [-0.25, -0.2) is 0 Å². The van der Waals surface area contributed by atoms with Crippen LogP contribution in [-0.4, -0.2) is 28.8 Å². The van der Waals surface area contributed by atoms with Crippen LogP contribution in [0.4, 0.5) is 5.82 Å². The number of hydrogen-bond donors (Lipinski definition) is 1. The first kappa shape index (κ1) is 19.4. The van der Waals surface area contributed by atoms with Gasteiger partial charge in [-0.3, -0.25) is 4.79 Å². The maximum Gasteiger partial charge on any atom is 0.270 e. The zero-order chi connectivity index (χ0) is 21.4. The van der Waals surface area contributed by atoms with Crippen molar-refractivity contribution in [1.29, 1.82) is 0 Å². The van der Waals surface area contributed by atoms with E-state index >= 15 is 0 Å². The highest BCUT2D eigenvalue weighted by Gasteiger charge is 2.39. The summed E-state index contributed by atoms with van der Waals surface area (Å²) < 4.78 is 7.02. The van der Waals surface area contributed by atoms with Crippen LogP contribution in [0.2, 0.25) is 0 Å². The summed E-state index contributed by atoms with van der Waals surface area (Å²) in [6.07, 6.45) is 8.55. The van der Waals surface area contributed by atoms with Crippen molar-refractivity contribution in [3.05, 3.63) is 95.7 Å². The lowest BCUT2D eigenvalue weighted by molar-refractivity contribution is 0.0950. The fourth-order valence-electron chi connectivity index (χ4n) is 4.35. The Labute approximate surface area is 182 Å². The molecule has 5 heteroatoms. The molecule has 0 radical (unpaired) electrons. The third-order valence-corrected chi connectivity index (χ3v) is 6.18. The highest BCUT2D eigenvalue weighted by Crippen LogP contribution is 2.44. The molecule has 1 saturated carbocycles. The van der Waals surface area contributed by atoms with E-state index in [4.69, 9.17) is 4.74 Å².